The Kier molecular flexibility index (Phi) is 3.88. The van der Waals surface area contributed by atoms with Crippen molar-refractivity contribution < 1.29 is 9.90 Å². The first kappa shape index (κ1) is 12.9. The number of halogens is 1. The van der Waals surface area contributed by atoms with E-state index in [0.717, 1.165) is 26.8 Å². The molecule has 18 heavy (non-hydrogen) atoms. The number of carboxylic acids is 1. The van der Waals surface area contributed by atoms with E-state index in [9.17, 15) is 4.79 Å². The van der Waals surface area contributed by atoms with Gasteiger partial charge in [0, 0.05) is 21.6 Å². The number of thiophene rings is 1. The van der Waals surface area contributed by atoms with Crippen molar-refractivity contribution >= 4 is 39.3 Å². The summed E-state index contributed by atoms with van der Waals surface area (Å²) in [6, 6.07) is 3.84. The maximum Gasteiger partial charge on any atom is 0.328 e. The minimum Gasteiger partial charge on any atom is -0.478 e. The minimum absolute atomic E-state index is 0.400. The number of aryl methyl sites for hydroxylation is 1. The average molecular weight is 325 g/mol. The lowest BCUT2D eigenvalue weighted by molar-refractivity contribution is -0.131. The van der Waals surface area contributed by atoms with Crippen molar-refractivity contribution in [1.82, 2.24) is 9.97 Å². The van der Waals surface area contributed by atoms with Crippen LogP contribution in [0.15, 0.2) is 28.1 Å². The van der Waals surface area contributed by atoms with E-state index in [2.05, 4.69) is 25.9 Å². The maximum absolute atomic E-state index is 10.5. The fourth-order valence-electron chi connectivity index (χ4n) is 1.39. The van der Waals surface area contributed by atoms with Crippen LogP contribution in [0.2, 0.25) is 0 Å². The molecule has 0 amide bonds. The molecule has 0 unspecified atom stereocenters. The third kappa shape index (κ3) is 3.24. The van der Waals surface area contributed by atoms with Gasteiger partial charge in [-0.2, -0.15) is 0 Å². The topological polar surface area (TPSA) is 63.1 Å². The first-order valence-electron chi connectivity index (χ1n) is 5.06. The van der Waals surface area contributed by atoms with Crippen LogP contribution in [0.5, 0.6) is 0 Å². The average Bonchev–Trinajstić information content (AvgIpc) is 2.72. The molecule has 0 radical (unpaired) electrons. The van der Waals surface area contributed by atoms with Crippen molar-refractivity contribution in [1.29, 1.82) is 0 Å². The molecule has 0 aliphatic heterocycles. The van der Waals surface area contributed by atoms with Crippen molar-refractivity contribution in [2.24, 2.45) is 0 Å². The molecule has 2 rings (SSSR count). The standard InChI is InChI=1S/C12H9BrN2O2S/c1-7-4-9(10-5-8(13)6-18-10)15-11(14-7)2-3-12(16)17/h2-6H,1H3,(H,16,17)/b3-2+. The Labute approximate surface area is 116 Å². The zero-order chi connectivity index (χ0) is 13.1. The number of hydrogen-bond acceptors (Lipinski definition) is 4. The molecule has 0 bridgehead atoms. The number of aliphatic carboxylic acids is 1. The highest BCUT2D eigenvalue weighted by atomic mass is 79.9. The van der Waals surface area contributed by atoms with E-state index in [1.165, 1.54) is 6.08 Å². The van der Waals surface area contributed by atoms with Crippen LogP contribution < -0.4 is 0 Å². The Bertz CT molecular complexity index is 622. The minimum atomic E-state index is -1.01. The number of nitrogens with zero attached hydrogens (tertiary/aromatic N) is 2. The van der Waals surface area contributed by atoms with E-state index < -0.39 is 5.97 Å². The molecule has 2 aromatic heterocycles. The van der Waals surface area contributed by atoms with Crippen LogP contribution in [-0.2, 0) is 4.79 Å². The molecule has 0 atom stereocenters. The lowest BCUT2D eigenvalue weighted by Gasteiger charge is -2.00. The highest BCUT2D eigenvalue weighted by molar-refractivity contribution is 9.10. The molecule has 6 heteroatoms. The smallest absolute Gasteiger partial charge is 0.328 e. The Morgan fingerprint density at radius 2 is 2.22 bits per heavy atom. The van der Waals surface area contributed by atoms with Crippen LogP contribution >= 0.6 is 27.3 Å². The molecule has 0 saturated carbocycles. The van der Waals surface area contributed by atoms with Gasteiger partial charge in [0.1, 0.15) is 0 Å². The van der Waals surface area contributed by atoms with Crippen LogP contribution in [-0.4, -0.2) is 21.0 Å². The Morgan fingerprint density at radius 3 is 2.83 bits per heavy atom. The SMILES string of the molecule is Cc1cc(-c2cc(Br)cs2)nc(/C=C/C(=O)O)n1. The molecule has 1 N–H and O–H groups in total. The molecule has 0 aliphatic rings. The quantitative estimate of drug-likeness (QED) is 0.879. The predicted molar refractivity (Wildman–Crippen MR) is 74.5 cm³/mol. The van der Waals surface area contributed by atoms with Crippen LogP contribution in [0.3, 0.4) is 0 Å². The van der Waals surface area contributed by atoms with E-state index in [0.29, 0.717) is 5.82 Å². The molecule has 0 aromatic carbocycles. The van der Waals surface area contributed by atoms with Gasteiger partial charge >= 0.3 is 5.97 Å². The number of rotatable bonds is 3. The largest absolute Gasteiger partial charge is 0.478 e. The van der Waals surface area contributed by atoms with Gasteiger partial charge in [0.05, 0.1) is 10.6 Å². The second kappa shape index (κ2) is 5.41. The van der Waals surface area contributed by atoms with Gasteiger partial charge in [0.25, 0.3) is 0 Å². The lowest BCUT2D eigenvalue weighted by Crippen LogP contribution is -1.94. The summed E-state index contributed by atoms with van der Waals surface area (Å²) >= 11 is 4.96. The van der Waals surface area contributed by atoms with Crippen molar-refractivity contribution in [3.63, 3.8) is 0 Å². The normalized spacial score (nSPS) is 11.0. The summed E-state index contributed by atoms with van der Waals surface area (Å²) in [5.41, 5.74) is 1.60. The van der Waals surface area contributed by atoms with Crippen LogP contribution in [0, 0.1) is 6.92 Å². The van der Waals surface area contributed by atoms with Gasteiger partial charge in [-0.1, -0.05) is 0 Å². The van der Waals surface area contributed by atoms with Crippen molar-refractivity contribution in [2.75, 3.05) is 0 Å². The summed E-state index contributed by atoms with van der Waals surface area (Å²) in [6.07, 6.45) is 2.42. The molecular formula is C12H9BrN2O2S. The van der Waals surface area contributed by atoms with E-state index in [4.69, 9.17) is 5.11 Å². The summed E-state index contributed by atoms with van der Waals surface area (Å²) in [7, 11) is 0. The highest BCUT2D eigenvalue weighted by Crippen LogP contribution is 2.28. The van der Waals surface area contributed by atoms with E-state index in [1.54, 1.807) is 11.3 Å². The van der Waals surface area contributed by atoms with Gasteiger partial charge in [-0.25, -0.2) is 14.8 Å². The molecule has 92 valence electrons. The second-order valence-corrected chi connectivity index (χ2v) is 5.38. The monoisotopic (exact) mass is 324 g/mol. The number of aromatic nitrogens is 2. The third-order valence-electron chi connectivity index (χ3n) is 2.07. The van der Waals surface area contributed by atoms with E-state index in [-0.39, 0.29) is 0 Å². The van der Waals surface area contributed by atoms with Gasteiger partial charge in [-0.3, -0.25) is 0 Å². The number of hydrogen-bond donors (Lipinski definition) is 1. The summed E-state index contributed by atoms with van der Waals surface area (Å²) in [5.74, 6) is -0.613. The fourth-order valence-corrected chi connectivity index (χ4v) is 2.77. The molecule has 2 heterocycles. The molecule has 0 spiro atoms. The van der Waals surface area contributed by atoms with Crippen molar-refractivity contribution in [2.45, 2.75) is 6.92 Å². The zero-order valence-corrected chi connectivity index (χ0v) is 11.8. The molecule has 0 aliphatic carbocycles. The lowest BCUT2D eigenvalue weighted by atomic mass is 10.3. The third-order valence-corrected chi connectivity index (χ3v) is 3.78. The van der Waals surface area contributed by atoms with Crippen LogP contribution in [0.4, 0.5) is 0 Å². The second-order valence-electron chi connectivity index (χ2n) is 3.55. The summed E-state index contributed by atoms with van der Waals surface area (Å²) in [4.78, 5) is 20.0. The Balaban J connectivity index is 2.41. The number of carbonyl (C=O) groups is 1. The van der Waals surface area contributed by atoms with E-state index >= 15 is 0 Å². The molecular weight excluding hydrogens is 316 g/mol. The fraction of sp³-hybridized carbons (Fsp3) is 0.0833. The van der Waals surface area contributed by atoms with Gasteiger partial charge < -0.3 is 5.11 Å². The van der Waals surface area contributed by atoms with Gasteiger partial charge in [-0.05, 0) is 41.1 Å². The van der Waals surface area contributed by atoms with Gasteiger partial charge in [0.15, 0.2) is 5.82 Å². The van der Waals surface area contributed by atoms with Gasteiger partial charge in [0.2, 0.25) is 0 Å². The highest BCUT2D eigenvalue weighted by Gasteiger charge is 2.05. The molecule has 0 saturated heterocycles. The predicted octanol–water partition coefficient (Wildman–Crippen LogP) is 3.37. The zero-order valence-electron chi connectivity index (χ0n) is 9.42. The van der Waals surface area contributed by atoms with E-state index in [1.807, 2.05) is 24.4 Å². The molecule has 4 nitrogen and oxygen atoms in total. The van der Waals surface area contributed by atoms with Crippen LogP contribution in [0.1, 0.15) is 11.5 Å². The van der Waals surface area contributed by atoms with Crippen LogP contribution in [0.25, 0.3) is 16.6 Å². The maximum atomic E-state index is 10.5. The summed E-state index contributed by atoms with van der Waals surface area (Å²) in [6.45, 7) is 1.85. The first-order valence-corrected chi connectivity index (χ1v) is 6.73. The first-order chi connectivity index (χ1) is 8.54. The Morgan fingerprint density at radius 1 is 1.44 bits per heavy atom. The molecule has 0 fully saturated rings. The van der Waals surface area contributed by atoms with Crippen molar-refractivity contribution in [3.8, 4) is 10.6 Å². The summed E-state index contributed by atoms with van der Waals surface area (Å²) < 4.78 is 1.00. The summed E-state index contributed by atoms with van der Waals surface area (Å²) in [5, 5.41) is 10.6. The molecule has 2 aromatic rings. The van der Waals surface area contributed by atoms with Crippen molar-refractivity contribution in [3.05, 3.63) is 39.6 Å². The number of carboxylic acid groups (broad SMARTS) is 1. The Hall–Kier alpha value is -1.53. The van der Waals surface area contributed by atoms with Gasteiger partial charge in [-0.15, -0.1) is 11.3 Å².